The average molecular weight is 509 g/mol. The number of carbonyl (C=O) groups is 1. The normalized spacial score (nSPS) is 11.6. The molecule has 0 saturated heterocycles. The van der Waals surface area contributed by atoms with Crippen LogP contribution in [0.4, 0.5) is 5.69 Å². The van der Waals surface area contributed by atoms with E-state index >= 15 is 0 Å². The number of nitrogens with zero attached hydrogens (tertiary/aromatic N) is 5. The van der Waals surface area contributed by atoms with E-state index in [2.05, 4.69) is 49.5 Å². The molecule has 0 fully saturated rings. The standard InChI is InChI=1S/C27H24N8OS/c1-14(2)10-22(36)30-17-11-16(12-28-13-17)18-5-6-20-24(31-18)26(35-34-20)27-32-19-8-9-29-25(23(19)33-27)21-7-4-15(3)37-21/h4-9,11-14H,10H2,1-3H3,(H,30,36)(H,32,33)(H,34,35). The van der Waals surface area contributed by atoms with Crippen LogP contribution in [0.25, 0.3) is 55.4 Å². The van der Waals surface area contributed by atoms with Gasteiger partial charge in [0.2, 0.25) is 5.91 Å². The Balaban J connectivity index is 1.38. The van der Waals surface area contributed by atoms with Crippen molar-refractivity contribution in [2.24, 2.45) is 5.92 Å². The molecule has 10 heteroatoms. The van der Waals surface area contributed by atoms with Gasteiger partial charge in [0.25, 0.3) is 0 Å². The SMILES string of the molecule is Cc1ccc(-c2nccc3[nH]c(-c4n[nH]c5ccc(-c6cncc(NC(=O)CC(C)C)c6)nc45)nc23)s1. The smallest absolute Gasteiger partial charge is 0.224 e. The average Bonchev–Trinajstić information content (AvgIpc) is 3.60. The predicted molar refractivity (Wildman–Crippen MR) is 146 cm³/mol. The first kappa shape index (κ1) is 23.0. The molecule has 0 unspecified atom stereocenters. The molecule has 9 nitrogen and oxygen atoms in total. The number of H-pyrrole nitrogens is 2. The number of pyridine rings is 3. The van der Waals surface area contributed by atoms with Crippen molar-refractivity contribution in [1.29, 1.82) is 0 Å². The maximum atomic E-state index is 12.2. The van der Waals surface area contributed by atoms with Crippen LogP contribution < -0.4 is 5.32 Å². The number of thiophene rings is 1. The van der Waals surface area contributed by atoms with Gasteiger partial charge < -0.3 is 10.3 Å². The van der Waals surface area contributed by atoms with Crippen molar-refractivity contribution in [3.63, 3.8) is 0 Å². The largest absolute Gasteiger partial charge is 0.336 e. The fourth-order valence-corrected chi connectivity index (χ4v) is 5.11. The summed E-state index contributed by atoms with van der Waals surface area (Å²) < 4.78 is 0. The molecule has 6 aromatic heterocycles. The first-order valence-electron chi connectivity index (χ1n) is 12.0. The highest BCUT2D eigenvalue weighted by Gasteiger charge is 2.18. The van der Waals surface area contributed by atoms with Crippen molar-refractivity contribution < 1.29 is 4.79 Å². The summed E-state index contributed by atoms with van der Waals surface area (Å²) in [5.74, 6) is 0.853. The van der Waals surface area contributed by atoms with Crippen molar-refractivity contribution in [3.8, 4) is 33.3 Å². The number of imidazole rings is 1. The number of fused-ring (bicyclic) bond motifs is 2. The van der Waals surface area contributed by atoms with Gasteiger partial charge in [0.15, 0.2) is 11.5 Å². The molecular formula is C27H24N8OS. The maximum Gasteiger partial charge on any atom is 0.224 e. The van der Waals surface area contributed by atoms with Gasteiger partial charge in [0, 0.05) is 29.3 Å². The molecular weight excluding hydrogens is 484 g/mol. The summed E-state index contributed by atoms with van der Waals surface area (Å²) in [4.78, 5) is 36.6. The summed E-state index contributed by atoms with van der Waals surface area (Å²) in [6.07, 6.45) is 5.61. The molecule has 0 saturated carbocycles. The Hall–Kier alpha value is -4.44. The maximum absolute atomic E-state index is 12.2. The van der Waals surface area contributed by atoms with Gasteiger partial charge in [-0.25, -0.2) is 9.97 Å². The third-order valence-corrected chi connectivity index (χ3v) is 6.93. The topological polar surface area (TPSA) is 125 Å². The Kier molecular flexibility index (Phi) is 5.72. The highest BCUT2D eigenvalue weighted by Crippen LogP contribution is 2.33. The molecule has 3 N–H and O–H groups in total. The zero-order valence-electron chi connectivity index (χ0n) is 20.5. The van der Waals surface area contributed by atoms with Gasteiger partial charge >= 0.3 is 0 Å². The van der Waals surface area contributed by atoms with Crippen LogP contribution in [0.5, 0.6) is 0 Å². The third kappa shape index (κ3) is 4.47. The molecule has 0 aliphatic carbocycles. The number of nitrogens with one attached hydrogen (secondary N) is 3. The molecule has 0 radical (unpaired) electrons. The van der Waals surface area contributed by atoms with Gasteiger partial charge in [-0.2, -0.15) is 5.10 Å². The molecule has 0 bridgehead atoms. The van der Waals surface area contributed by atoms with Crippen LogP contribution in [-0.4, -0.2) is 41.0 Å². The summed E-state index contributed by atoms with van der Waals surface area (Å²) in [5, 5.41) is 10.5. The lowest BCUT2D eigenvalue weighted by molar-refractivity contribution is -0.116. The van der Waals surface area contributed by atoms with Crippen molar-refractivity contribution in [1.82, 2.24) is 35.1 Å². The van der Waals surface area contributed by atoms with Crippen LogP contribution in [0.2, 0.25) is 0 Å². The second-order valence-electron chi connectivity index (χ2n) is 9.32. The predicted octanol–water partition coefficient (Wildman–Crippen LogP) is 5.98. The van der Waals surface area contributed by atoms with Gasteiger partial charge in [0.05, 0.1) is 33.5 Å². The molecule has 184 valence electrons. The highest BCUT2D eigenvalue weighted by molar-refractivity contribution is 7.15. The van der Waals surface area contributed by atoms with Crippen LogP contribution in [0, 0.1) is 12.8 Å². The van der Waals surface area contributed by atoms with Crippen molar-refractivity contribution in [2.45, 2.75) is 27.2 Å². The molecule has 1 amide bonds. The summed E-state index contributed by atoms with van der Waals surface area (Å²) in [5.41, 5.74) is 6.76. The Labute approximate surface area is 216 Å². The molecule has 0 aliphatic rings. The number of hydrogen-bond acceptors (Lipinski definition) is 7. The van der Waals surface area contributed by atoms with Gasteiger partial charge in [-0.15, -0.1) is 11.3 Å². The summed E-state index contributed by atoms with van der Waals surface area (Å²) >= 11 is 1.69. The monoisotopic (exact) mass is 508 g/mol. The Morgan fingerprint density at radius 3 is 2.70 bits per heavy atom. The summed E-state index contributed by atoms with van der Waals surface area (Å²) in [6.45, 7) is 6.10. The molecule has 6 aromatic rings. The molecule has 6 heterocycles. The van der Waals surface area contributed by atoms with Gasteiger partial charge in [-0.1, -0.05) is 13.8 Å². The lowest BCUT2D eigenvalue weighted by Gasteiger charge is -2.08. The number of carbonyl (C=O) groups excluding carboxylic acids is 1. The lowest BCUT2D eigenvalue weighted by Crippen LogP contribution is -2.14. The lowest BCUT2D eigenvalue weighted by atomic mass is 10.1. The van der Waals surface area contributed by atoms with E-state index in [1.807, 2.05) is 38.1 Å². The zero-order chi connectivity index (χ0) is 25.5. The number of amides is 1. The summed E-state index contributed by atoms with van der Waals surface area (Å²) in [6, 6.07) is 11.8. The summed E-state index contributed by atoms with van der Waals surface area (Å²) in [7, 11) is 0. The van der Waals surface area contributed by atoms with Crippen LogP contribution in [-0.2, 0) is 4.79 Å². The molecule has 0 aromatic carbocycles. The van der Waals surface area contributed by atoms with Crippen molar-refractivity contribution >= 4 is 45.0 Å². The third-order valence-electron chi connectivity index (χ3n) is 5.92. The molecule has 0 aliphatic heterocycles. The number of aryl methyl sites for hydroxylation is 1. The molecule has 6 rings (SSSR count). The number of anilines is 1. The Morgan fingerprint density at radius 1 is 1.03 bits per heavy atom. The Bertz CT molecular complexity index is 1760. The number of aromatic nitrogens is 7. The van der Waals surface area contributed by atoms with E-state index in [0.29, 0.717) is 29.1 Å². The number of rotatable bonds is 6. The highest BCUT2D eigenvalue weighted by atomic mass is 32.1. The minimum atomic E-state index is -0.0362. The minimum absolute atomic E-state index is 0.0362. The van der Waals surface area contributed by atoms with E-state index in [4.69, 9.17) is 9.97 Å². The van der Waals surface area contributed by atoms with Crippen LogP contribution >= 0.6 is 11.3 Å². The van der Waals surface area contributed by atoms with E-state index in [9.17, 15) is 4.79 Å². The Morgan fingerprint density at radius 2 is 1.89 bits per heavy atom. The van der Waals surface area contributed by atoms with E-state index in [0.717, 1.165) is 38.4 Å². The minimum Gasteiger partial charge on any atom is -0.336 e. The van der Waals surface area contributed by atoms with E-state index in [1.54, 1.807) is 29.9 Å². The van der Waals surface area contributed by atoms with E-state index in [-0.39, 0.29) is 11.8 Å². The van der Waals surface area contributed by atoms with Gasteiger partial charge in [-0.3, -0.25) is 19.9 Å². The second-order valence-corrected chi connectivity index (χ2v) is 10.6. The van der Waals surface area contributed by atoms with E-state index < -0.39 is 0 Å². The van der Waals surface area contributed by atoms with E-state index in [1.165, 1.54) is 4.88 Å². The molecule has 37 heavy (non-hydrogen) atoms. The van der Waals surface area contributed by atoms with Gasteiger partial charge in [0.1, 0.15) is 16.7 Å². The van der Waals surface area contributed by atoms with Crippen molar-refractivity contribution in [2.75, 3.05) is 5.32 Å². The van der Waals surface area contributed by atoms with Crippen LogP contribution in [0.1, 0.15) is 25.1 Å². The first-order valence-corrected chi connectivity index (χ1v) is 12.8. The quantitative estimate of drug-likeness (QED) is 0.254. The van der Waals surface area contributed by atoms with Crippen LogP contribution in [0.3, 0.4) is 0 Å². The van der Waals surface area contributed by atoms with Crippen LogP contribution in [0.15, 0.2) is 55.0 Å². The molecule has 0 atom stereocenters. The fraction of sp³-hybridized carbons (Fsp3) is 0.185. The number of aromatic amines is 2. The number of hydrogen-bond donors (Lipinski definition) is 3. The fourth-order valence-electron chi connectivity index (χ4n) is 4.25. The second kappa shape index (κ2) is 9.21. The van der Waals surface area contributed by atoms with Crippen molar-refractivity contribution in [3.05, 3.63) is 59.9 Å². The molecule has 0 spiro atoms. The van der Waals surface area contributed by atoms with Gasteiger partial charge in [-0.05, 0) is 49.2 Å². The first-order chi connectivity index (χ1) is 17.9. The zero-order valence-corrected chi connectivity index (χ0v) is 21.3.